The van der Waals surface area contributed by atoms with E-state index in [1.807, 2.05) is 31.1 Å². The highest BCUT2D eigenvalue weighted by molar-refractivity contribution is 5.85. The minimum Gasteiger partial charge on any atom is -0.502 e. The summed E-state index contributed by atoms with van der Waals surface area (Å²) in [4.78, 5) is 14.5. The van der Waals surface area contributed by atoms with Crippen LogP contribution in [0.15, 0.2) is 45.6 Å². The average Bonchev–Trinajstić information content (AvgIpc) is 2.63. The van der Waals surface area contributed by atoms with E-state index in [2.05, 4.69) is 0 Å². The van der Waals surface area contributed by atoms with Gasteiger partial charge in [-0.2, -0.15) is 0 Å². The van der Waals surface area contributed by atoms with Crippen LogP contribution >= 0.6 is 0 Å². The Balaban J connectivity index is 2.22. The zero-order chi connectivity index (χ0) is 18.1. The van der Waals surface area contributed by atoms with E-state index in [1.54, 1.807) is 18.2 Å². The Morgan fingerprint density at radius 1 is 1.00 bits per heavy atom. The van der Waals surface area contributed by atoms with Crippen molar-refractivity contribution in [3.8, 4) is 28.6 Å². The number of hydrogen-bond donors (Lipinski definition) is 1. The molecule has 1 heterocycles. The maximum Gasteiger partial charge on any atom is 0.235 e. The molecule has 3 aromatic rings. The molecule has 0 aliphatic heterocycles. The molecule has 1 N–H and O–H groups in total. The lowest BCUT2D eigenvalue weighted by Gasteiger charge is -2.13. The van der Waals surface area contributed by atoms with Crippen molar-refractivity contribution in [2.75, 3.05) is 33.2 Å². The molecule has 0 radical (unpaired) electrons. The molecule has 130 valence electrons. The predicted molar refractivity (Wildman–Crippen MR) is 97.0 cm³/mol. The van der Waals surface area contributed by atoms with Crippen molar-refractivity contribution >= 4 is 16.7 Å². The highest BCUT2D eigenvalue weighted by atomic mass is 16.5. The summed E-state index contributed by atoms with van der Waals surface area (Å²) in [7, 11) is 6.85. The largest absolute Gasteiger partial charge is 0.502 e. The molecule has 0 saturated heterocycles. The third-order valence-electron chi connectivity index (χ3n) is 4.02. The van der Waals surface area contributed by atoms with Crippen LogP contribution in [0.25, 0.3) is 22.3 Å². The number of methoxy groups -OCH3 is 2. The van der Waals surface area contributed by atoms with E-state index < -0.39 is 11.2 Å². The smallest absolute Gasteiger partial charge is 0.235 e. The molecule has 0 atom stereocenters. The lowest BCUT2D eigenvalue weighted by Crippen LogP contribution is -2.08. The number of fused-ring (bicyclic) bond motifs is 1. The molecule has 0 aliphatic carbocycles. The standard InChI is InChI=1S/C19H19NO5/c1-20(2)12-7-5-11(6-8-12)19-18(22)17(21)13-9-15(23-3)16(24-4)10-14(13)25-19/h5-10,22H,1-4H3. The van der Waals surface area contributed by atoms with Crippen LogP contribution in [-0.4, -0.2) is 33.4 Å². The van der Waals surface area contributed by atoms with E-state index in [1.165, 1.54) is 20.3 Å². The molecule has 25 heavy (non-hydrogen) atoms. The van der Waals surface area contributed by atoms with Crippen LogP contribution in [0.2, 0.25) is 0 Å². The van der Waals surface area contributed by atoms with Crippen molar-refractivity contribution in [2.24, 2.45) is 0 Å². The summed E-state index contributed by atoms with van der Waals surface area (Å²) >= 11 is 0. The third-order valence-corrected chi connectivity index (χ3v) is 4.02. The van der Waals surface area contributed by atoms with Gasteiger partial charge in [0.05, 0.1) is 19.6 Å². The van der Waals surface area contributed by atoms with Gasteiger partial charge in [0.1, 0.15) is 5.58 Å². The topological polar surface area (TPSA) is 72.1 Å². The van der Waals surface area contributed by atoms with Crippen molar-refractivity contribution in [3.63, 3.8) is 0 Å². The Kier molecular flexibility index (Phi) is 4.27. The fourth-order valence-corrected chi connectivity index (χ4v) is 2.62. The molecule has 0 aliphatic rings. The Morgan fingerprint density at radius 3 is 2.16 bits per heavy atom. The lowest BCUT2D eigenvalue weighted by atomic mass is 10.1. The van der Waals surface area contributed by atoms with E-state index in [4.69, 9.17) is 13.9 Å². The van der Waals surface area contributed by atoms with Gasteiger partial charge in [-0.3, -0.25) is 4.79 Å². The first-order valence-corrected chi connectivity index (χ1v) is 7.65. The van der Waals surface area contributed by atoms with Gasteiger partial charge >= 0.3 is 0 Å². The number of anilines is 1. The molecule has 3 rings (SSSR count). The second-order valence-corrected chi connectivity index (χ2v) is 5.75. The van der Waals surface area contributed by atoms with Crippen molar-refractivity contribution in [1.29, 1.82) is 0 Å². The zero-order valence-electron chi connectivity index (χ0n) is 14.5. The minimum atomic E-state index is -0.520. The van der Waals surface area contributed by atoms with Crippen molar-refractivity contribution in [1.82, 2.24) is 0 Å². The van der Waals surface area contributed by atoms with Crippen molar-refractivity contribution in [3.05, 3.63) is 46.6 Å². The summed E-state index contributed by atoms with van der Waals surface area (Å²) in [6.45, 7) is 0. The van der Waals surface area contributed by atoms with Crippen molar-refractivity contribution < 1.29 is 19.0 Å². The van der Waals surface area contributed by atoms with Gasteiger partial charge in [0.15, 0.2) is 17.3 Å². The van der Waals surface area contributed by atoms with Crippen LogP contribution in [0, 0.1) is 0 Å². The van der Waals surface area contributed by atoms with Crippen LogP contribution in [0.1, 0.15) is 0 Å². The molecule has 6 nitrogen and oxygen atoms in total. The summed E-state index contributed by atoms with van der Waals surface area (Å²) in [5, 5.41) is 10.6. The Morgan fingerprint density at radius 2 is 1.60 bits per heavy atom. The summed E-state index contributed by atoms with van der Waals surface area (Å²) in [6, 6.07) is 10.4. The number of nitrogens with zero attached hydrogens (tertiary/aromatic N) is 1. The minimum absolute atomic E-state index is 0.120. The van der Waals surface area contributed by atoms with E-state index in [-0.39, 0.29) is 11.1 Å². The van der Waals surface area contributed by atoms with E-state index in [0.29, 0.717) is 22.6 Å². The Labute approximate surface area is 144 Å². The van der Waals surface area contributed by atoms with E-state index in [0.717, 1.165) is 5.69 Å². The monoisotopic (exact) mass is 341 g/mol. The van der Waals surface area contributed by atoms with Gasteiger partial charge in [-0.15, -0.1) is 0 Å². The maximum absolute atomic E-state index is 12.6. The number of ether oxygens (including phenoxy) is 2. The fraction of sp³-hybridized carbons (Fsp3) is 0.211. The van der Waals surface area contributed by atoms with Crippen LogP contribution in [0.4, 0.5) is 5.69 Å². The van der Waals surface area contributed by atoms with Gasteiger partial charge in [-0.1, -0.05) is 0 Å². The maximum atomic E-state index is 12.6. The van der Waals surface area contributed by atoms with Crippen LogP contribution < -0.4 is 19.8 Å². The molecule has 1 aromatic heterocycles. The van der Waals surface area contributed by atoms with Gasteiger partial charge in [0.2, 0.25) is 11.2 Å². The number of rotatable bonds is 4. The van der Waals surface area contributed by atoms with Crippen LogP contribution in [0.3, 0.4) is 0 Å². The zero-order valence-corrected chi connectivity index (χ0v) is 14.5. The molecule has 0 amide bonds. The van der Waals surface area contributed by atoms with Crippen molar-refractivity contribution in [2.45, 2.75) is 0 Å². The number of hydrogen-bond acceptors (Lipinski definition) is 6. The van der Waals surface area contributed by atoms with E-state index >= 15 is 0 Å². The van der Waals surface area contributed by atoms with Gasteiger partial charge in [0, 0.05) is 31.4 Å². The molecular formula is C19H19NO5. The number of aromatic hydroxyl groups is 1. The SMILES string of the molecule is COc1cc2oc(-c3ccc(N(C)C)cc3)c(O)c(=O)c2cc1OC. The molecule has 0 saturated carbocycles. The Bertz CT molecular complexity index is 974. The van der Waals surface area contributed by atoms with Gasteiger partial charge in [-0.05, 0) is 30.3 Å². The van der Waals surface area contributed by atoms with Gasteiger partial charge in [-0.25, -0.2) is 0 Å². The predicted octanol–water partition coefficient (Wildman–Crippen LogP) is 3.25. The second-order valence-electron chi connectivity index (χ2n) is 5.75. The quantitative estimate of drug-likeness (QED) is 0.785. The summed E-state index contributed by atoms with van der Waals surface area (Å²) in [5.41, 5.74) is 1.40. The summed E-state index contributed by atoms with van der Waals surface area (Å²) in [6.07, 6.45) is 0. The highest BCUT2D eigenvalue weighted by Gasteiger charge is 2.18. The first-order chi connectivity index (χ1) is 12.0. The number of benzene rings is 2. The molecule has 0 unspecified atom stereocenters. The summed E-state index contributed by atoms with van der Waals surface area (Å²) in [5.74, 6) is 0.523. The molecule has 0 spiro atoms. The molecule has 6 heteroatoms. The molecule has 0 fully saturated rings. The van der Waals surface area contributed by atoms with Crippen LogP contribution in [-0.2, 0) is 0 Å². The van der Waals surface area contributed by atoms with Gasteiger partial charge < -0.3 is 23.9 Å². The molecule has 2 aromatic carbocycles. The third kappa shape index (κ3) is 2.87. The fourth-order valence-electron chi connectivity index (χ4n) is 2.62. The molecule has 0 bridgehead atoms. The Hall–Kier alpha value is -3.15. The van der Waals surface area contributed by atoms with Gasteiger partial charge in [0.25, 0.3) is 0 Å². The summed E-state index contributed by atoms with van der Waals surface area (Å²) < 4.78 is 16.2. The van der Waals surface area contributed by atoms with Crippen LogP contribution in [0.5, 0.6) is 17.2 Å². The lowest BCUT2D eigenvalue weighted by molar-refractivity contribution is 0.355. The van der Waals surface area contributed by atoms with E-state index in [9.17, 15) is 9.90 Å². The first kappa shape index (κ1) is 16.7. The normalized spacial score (nSPS) is 10.7. The average molecular weight is 341 g/mol. The second kappa shape index (κ2) is 6.39. The first-order valence-electron chi connectivity index (χ1n) is 7.65. The highest BCUT2D eigenvalue weighted by Crippen LogP contribution is 2.36. The molecular weight excluding hydrogens is 322 g/mol.